The molecule has 158 valence electrons. The first-order chi connectivity index (χ1) is 14.3. The Morgan fingerprint density at radius 2 is 1.80 bits per heavy atom. The predicted molar refractivity (Wildman–Crippen MR) is 119 cm³/mol. The number of para-hydroxylation sites is 1. The van der Waals surface area contributed by atoms with Crippen molar-refractivity contribution in [2.24, 2.45) is 0 Å². The van der Waals surface area contributed by atoms with Crippen LogP contribution in [0.4, 0.5) is 0 Å². The number of nitrogens with zero attached hydrogens (tertiary/aromatic N) is 3. The zero-order chi connectivity index (χ0) is 21.3. The van der Waals surface area contributed by atoms with Crippen LogP contribution in [0.2, 0.25) is 0 Å². The number of fused-ring (bicyclic) bond motifs is 1. The molecule has 30 heavy (non-hydrogen) atoms. The summed E-state index contributed by atoms with van der Waals surface area (Å²) in [5.41, 5.74) is 2.76. The maximum absolute atomic E-state index is 13.0. The predicted octanol–water partition coefficient (Wildman–Crippen LogP) is 3.38. The van der Waals surface area contributed by atoms with Gasteiger partial charge in [-0.05, 0) is 37.6 Å². The minimum atomic E-state index is -3.54. The van der Waals surface area contributed by atoms with E-state index in [9.17, 15) is 13.2 Å². The maximum Gasteiger partial charge on any atom is 0.243 e. The van der Waals surface area contributed by atoms with Gasteiger partial charge in [0.2, 0.25) is 15.9 Å². The molecule has 4 rings (SSSR count). The molecular weight excluding hydrogens is 418 g/mol. The third kappa shape index (κ3) is 4.26. The van der Waals surface area contributed by atoms with Crippen LogP contribution in [0.15, 0.2) is 47.4 Å². The molecular formula is C22H25N3O3S2. The number of thiazole rings is 1. The van der Waals surface area contributed by atoms with E-state index in [0.29, 0.717) is 43.9 Å². The number of carbonyl (C=O) groups is 1. The van der Waals surface area contributed by atoms with Gasteiger partial charge in [-0.1, -0.05) is 29.8 Å². The second kappa shape index (κ2) is 8.45. The van der Waals surface area contributed by atoms with Crippen LogP contribution in [0.1, 0.15) is 22.6 Å². The van der Waals surface area contributed by atoms with E-state index in [-0.39, 0.29) is 5.91 Å². The van der Waals surface area contributed by atoms with Crippen LogP contribution in [0.5, 0.6) is 0 Å². The lowest BCUT2D eigenvalue weighted by Crippen LogP contribution is -2.50. The lowest BCUT2D eigenvalue weighted by Gasteiger charge is -2.34. The van der Waals surface area contributed by atoms with Crippen LogP contribution < -0.4 is 0 Å². The summed E-state index contributed by atoms with van der Waals surface area (Å²) in [6.07, 6.45) is 1.00. The van der Waals surface area contributed by atoms with Crippen molar-refractivity contribution in [1.82, 2.24) is 14.2 Å². The highest BCUT2D eigenvalue weighted by atomic mass is 32.2. The van der Waals surface area contributed by atoms with Crippen molar-refractivity contribution in [3.63, 3.8) is 0 Å². The fourth-order valence-corrected chi connectivity index (χ4v) is 6.40. The van der Waals surface area contributed by atoms with Crippen molar-refractivity contribution in [2.45, 2.75) is 31.6 Å². The van der Waals surface area contributed by atoms with Crippen LogP contribution in [0, 0.1) is 13.8 Å². The van der Waals surface area contributed by atoms with Crippen molar-refractivity contribution in [3.05, 3.63) is 58.6 Å². The van der Waals surface area contributed by atoms with Crippen molar-refractivity contribution < 1.29 is 13.2 Å². The highest BCUT2D eigenvalue weighted by molar-refractivity contribution is 7.89. The van der Waals surface area contributed by atoms with E-state index < -0.39 is 10.0 Å². The first-order valence-electron chi connectivity index (χ1n) is 10.0. The Bertz CT molecular complexity index is 1150. The van der Waals surface area contributed by atoms with Crippen LogP contribution in [-0.2, 0) is 21.2 Å². The van der Waals surface area contributed by atoms with Gasteiger partial charge in [-0.15, -0.1) is 11.3 Å². The minimum Gasteiger partial charge on any atom is -0.340 e. The summed E-state index contributed by atoms with van der Waals surface area (Å²) >= 11 is 1.62. The molecule has 1 amide bonds. The second-order valence-corrected chi connectivity index (χ2v) is 10.7. The van der Waals surface area contributed by atoms with Crippen molar-refractivity contribution in [1.29, 1.82) is 0 Å². The van der Waals surface area contributed by atoms with Gasteiger partial charge in [0, 0.05) is 39.0 Å². The molecule has 1 aliphatic rings. The van der Waals surface area contributed by atoms with Crippen molar-refractivity contribution in [2.75, 3.05) is 26.2 Å². The first-order valence-corrected chi connectivity index (χ1v) is 12.3. The summed E-state index contributed by atoms with van der Waals surface area (Å²) in [7, 11) is -3.54. The monoisotopic (exact) mass is 443 g/mol. The summed E-state index contributed by atoms with van der Waals surface area (Å²) < 4.78 is 28.6. The third-order valence-electron chi connectivity index (χ3n) is 5.43. The van der Waals surface area contributed by atoms with Gasteiger partial charge in [-0.25, -0.2) is 13.4 Å². The normalized spacial score (nSPS) is 15.6. The Balaban J connectivity index is 1.35. The Morgan fingerprint density at radius 3 is 2.50 bits per heavy atom. The molecule has 1 saturated heterocycles. The number of sulfonamides is 1. The molecule has 8 heteroatoms. The van der Waals surface area contributed by atoms with Crippen LogP contribution in [-0.4, -0.2) is 54.7 Å². The van der Waals surface area contributed by atoms with Crippen LogP contribution >= 0.6 is 11.3 Å². The minimum absolute atomic E-state index is 0.0535. The van der Waals surface area contributed by atoms with Gasteiger partial charge in [0.25, 0.3) is 0 Å². The molecule has 0 N–H and O–H groups in total. The van der Waals surface area contributed by atoms with Gasteiger partial charge in [-0.3, -0.25) is 4.79 Å². The molecule has 0 spiro atoms. The van der Waals surface area contributed by atoms with Gasteiger partial charge < -0.3 is 4.90 Å². The average molecular weight is 444 g/mol. The highest BCUT2D eigenvalue weighted by Crippen LogP contribution is 2.24. The average Bonchev–Trinajstić information content (AvgIpc) is 3.15. The molecule has 1 aliphatic heterocycles. The van der Waals surface area contributed by atoms with E-state index in [1.165, 1.54) is 4.31 Å². The zero-order valence-electron chi connectivity index (χ0n) is 17.2. The molecule has 1 fully saturated rings. The van der Waals surface area contributed by atoms with Gasteiger partial charge in [0.15, 0.2) is 0 Å². The fraction of sp³-hybridized carbons (Fsp3) is 0.364. The number of aryl methyl sites for hydroxylation is 3. The highest BCUT2D eigenvalue weighted by Gasteiger charge is 2.30. The van der Waals surface area contributed by atoms with Gasteiger partial charge >= 0.3 is 0 Å². The van der Waals surface area contributed by atoms with E-state index >= 15 is 0 Å². The Labute approximate surface area is 181 Å². The largest absolute Gasteiger partial charge is 0.340 e. The summed E-state index contributed by atoms with van der Waals surface area (Å²) in [5.74, 6) is 0.0535. The number of carbonyl (C=O) groups excluding carboxylic acids is 1. The Kier molecular flexibility index (Phi) is 5.90. The van der Waals surface area contributed by atoms with E-state index in [0.717, 1.165) is 26.4 Å². The lowest BCUT2D eigenvalue weighted by molar-refractivity contribution is -0.132. The van der Waals surface area contributed by atoms with E-state index in [4.69, 9.17) is 0 Å². The fourth-order valence-electron chi connectivity index (χ4n) is 3.80. The number of rotatable bonds is 5. The summed E-state index contributed by atoms with van der Waals surface area (Å²) in [6.45, 7) is 5.25. The van der Waals surface area contributed by atoms with Gasteiger partial charge in [-0.2, -0.15) is 4.31 Å². The number of piperazine rings is 1. The number of hydrogen-bond donors (Lipinski definition) is 0. The van der Waals surface area contributed by atoms with Gasteiger partial charge in [0.1, 0.15) is 0 Å². The summed E-state index contributed by atoms with van der Waals surface area (Å²) in [6, 6.07) is 13.3. The van der Waals surface area contributed by atoms with E-state index in [1.807, 2.05) is 50.2 Å². The zero-order valence-corrected chi connectivity index (χ0v) is 18.8. The van der Waals surface area contributed by atoms with Crippen molar-refractivity contribution >= 4 is 37.5 Å². The quantitative estimate of drug-likeness (QED) is 0.606. The molecule has 2 heterocycles. The SMILES string of the molecule is Cc1ccc(S(=O)(=O)N2CCN(C(=O)CCc3nc4ccccc4s3)CC2)c(C)c1. The molecule has 0 radical (unpaired) electrons. The standard InChI is InChI=1S/C22H25N3O3S2/c1-16-7-8-20(17(2)15-16)30(27,28)25-13-11-24(12-14-25)22(26)10-9-21-23-18-5-3-4-6-19(18)29-21/h3-8,15H,9-14H2,1-2H3. The molecule has 2 aromatic carbocycles. The maximum atomic E-state index is 13.0. The molecule has 0 bridgehead atoms. The van der Waals surface area contributed by atoms with Crippen molar-refractivity contribution in [3.8, 4) is 0 Å². The van der Waals surface area contributed by atoms with Crippen LogP contribution in [0.25, 0.3) is 10.2 Å². The molecule has 0 atom stereocenters. The van der Waals surface area contributed by atoms with Crippen LogP contribution in [0.3, 0.4) is 0 Å². The molecule has 3 aromatic rings. The first kappa shape index (κ1) is 21.0. The molecule has 6 nitrogen and oxygen atoms in total. The number of benzene rings is 2. The Morgan fingerprint density at radius 1 is 1.07 bits per heavy atom. The third-order valence-corrected chi connectivity index (χ3v) is 8.59. The van der Waals surface area contributed by atoms with Gasteiger partial charge in [0.05, 0.1) is 20.1 Å². The molecule has 0 aliphatic carbocycles. The number of aromatic nitrogens is 1. The lowest BCUT2D eigenvalue weighted by atomic mass is 10.2. The molecule has 0 saturated carbocycles. The Hall–Kier alpha value is -2.29. The van der Waals surface area contributed by atoms with E-state index in [2.05, 4.69) is 4.98 Å². The second-order valence-electron chi connectivity index (χ2n) is 7.63. The molecule has 1 aromatic heterocycles. The number of amides is 1. The summed E-state index contributed by atoms with van der Waals surface area (Å²) in [5, 5.41) is 0.959. The number of hydrogen-bond acceptors (Lipinski definition) is 5. The molecule has 0 unspecified atom stereocenters. The summed E-state index contributed by atoms with van der Waals surface area (Å²) in [4.78, 5) is 19.3. The smallest absolute Gasteiger partial charge is 0.243 e. The van der Waals surface area contributed by atoms with E-state index in [1.54, 1.807) is 22.3 Å². The topological polar surface area (TPSA) is 70.6 Å².